The first-order valence-corrected chi connectivity index (χ1v) is 11.6. The minimum Gasteiger partial charge on any atom is -0.453 e. The lowest BCUT2D eigenvalue weighted by molar-refractivity contribution is -0.119. The van der Waals surface area contributed by atoms with E-state index in [0.29, 0.717) is 35.9 Å². The van der Waals surface area contributed by atoms with Crippen LogP contribution >= 0.6 is 0 Å². The molecule has 4 N–H and O–H groups in total. The number of hydrogen-bond donors (Lipinski definition) is 3. The van der Waals surface area contributed by atoms with Crippen LogP contribution in [0.25, 0.3) is 0 Å². The van der Waals surface area contributed by atoms with E-state index in [2.05, 4.69) is 32.4 Å². The van der Waals surface area contributed by atoms with E-state index in [0.717, 1.165) is 19.2 Å². The van der Waals surface area contributed by atoms with Crippen molar-refractivity contribution >= 4 is 17.6 Å². The number of imide groups is 1. The summed E-state index contributed by atoms with van der Waals surface area (Å²) in [4.78, 5) is 30.4. The highest BCUT2D eigenvalue weighted by Crippen LogP contribution is 2.28. The summed E-state index contributed by atoms with van der Waals surface area (Å²) in [6.07, 6.45) is 2.95. The van der Waals surface area contributed by atoms with E-state index >= 15 is 0 Å². The van der Waals surface area contributed by atoms with Crippen LogP contribution in [0, 0.1) is 29.4 Å². The molecule has 1 aliphatic rings. The van der Waals surface area contributed by atoms with Gasteiger partial charge in [0, 0.05) is 43.3 Å². The van der Waals surface area contributed by atoms with E-state index in [1.807, 2.05) is 0 Å². The number of hydrogen-bond acceptors (Lipinski definition) is 6. The van der Waals surface area contributed by atoms with E-state index in [1.54, 1.807) is 12.3 Å². The number of amides is 3. The van der Waals surface area contributed by atoms with Crippen LogP contribution in [0.5, 0.6) is 11.5 Å². The van der Waals surface area contributed by atoms with Crippen molar-refractivity contribution in [1.29, 1.82) is 0 Å². The standard InChI is InChI=1S/C27H25F2N5O3/c28-21-5-3-18(4-6-21)12-26(35)33-27(36)32-22-7-8-25(23(29)13-22)37-24-9-10-31-15-20(24)2-1-11-34-16-19(14-30)17-34/h3-10,13,15,19H,11-12,14,16-17,30H2,(H2,32,33,35,36). The molecular formula is C27H25F2N5O3. The van der Waals surface area contributed by atoms with Gasteiger partial charge in [-0.3, -0.25) is 20.0 Å². The van der Waals surface area contributed by atoms with Gasteiger partial charge in [0.2, 0.25) is 5.91 Å². The van der Waals surface area contributed by atoms with E-state index in [9.17, 15) is 18.4 Å². The number of ether oxygens (including phenoxy) is 1. The second-order valence-corrected chi connectivity index (χ2v) is 8.52. The van der Waals surface area contributed by atoms with Crippen LogP contribution in [0.1, 0.15) is 11.1 Å². The van der Waals surface area contributed by atoms with Crippen LogP contribution < -0.4 is 21.1 Å². The summed E-state index contributed by atoms with van der Waals surface area (Å²) in [7, 11) is 0. The van der Waals surface area contributed by atoms with Gasteiger partial charge in [0.1, 0.15) is 11.6 Å². The number of halogens is 2. The second-order valence-electron chi connectivity index (χ2n) is 8.52. The third-order valence-corrected chi connectivity index (χ3v) is 5.61. The van der Waals surface area contributed by atoms with Crippen LogP contribution in [-0.2, 0) is 11.2 Å². The van der Waals surface area contributed by atoms with Crippen molar-refractivity contribution in [3.8, 4) is 23.3 Å². The first-order chi connectivity index (χ1) is 17.9. The van der Waals surface area contributed by atoms with Gasteiger partial charge in [0.25, 0.3) is 0 Å². The molecule has 0 aliphatic carbocycles. The number of rotatable bonds is 7. The van der Waals surface area contributed by atoms with Crippen molar-refractivity contribution in [3.63, 3.8) is 0 Å². The van der Waals surface area contributed by atoms with Crippen LogP contribution in [0.3, 0.4) is 0 Å². The maximum absolute atomic E-state index is 14.7. The highest BCUT2D eigenvalue weighted by Gasteiger charge is 2.23. The third kappa shape index (κ3) is 7.33. The van der Waals surface area contributed by atoms with Gasteiger partial charge in [-0.1, -0.05) is 24.0 Å². The Balaban J connectivity index is 1.32. The van der Waals surface area contributed by atoms with Crippen molar-refractivity contribution in [2.24, 2.45) is 11.7 Å². The SMILES string of the molecule is NCC1CN(CC#Cc2cnccc2Oc2ccc(NC(=O)NC(=O)Cc3ccc(F)cc3)cc2F)C1. The Labute approximate surface area is 212 Å². The lowest BCUT2D eigenvalue weighted by Gasteiger charge is -2.37. The molecule has 190 valence electrons. The number of aromatic nitrogens is 1. The highest BCUT2D eigenvalue weighted by molar-refractivity contribution is 6.01. The molecule has 2 aromatic carbocycles. The Morgan fingerprint density at radius 1 is 1.11 bits per heavy atom. The Bertz CT molecular complexity index is 1330. The Hall–Kier alpha value is -4.33. The maximum atomic E-state index is 14.7. The minimum absolute atomic E-state index is 0.0684. The lowest BCUT2D eigenvalue weighted by atomic mass is 10.0. The summed E-state index contributed by atoms with van der Waals surface area (Å²) in [6, 6.07) is 9.97. The molecule has 37 heavy (non-hydrogen) atoms. The van der Waals surface area contributed by atoms with Gasteiger partial charge >= 0.3 is 6.03 Å². The molecule has 0 unspecified atom stereocenters. The van der Waals surface area contributed by atoms with E-state index in [1.165, 1.54) is 42.6 Å². The summed E-state index contributed by atoms with van der Waals surface area (Å²) in [5, 5.41) is 4.54. The number of nitrogens with two attached hydrogens (primary N) is 1. The molecule has 8 nitrogen and oxygen atoms in total. The predicted molar refractivity (Wildman–Crippen MR) is 134 cm³/mol. The van der Waals surface area contributed by atoms with Gasteiger partial charge in [-0.05, 0) is 42.3 Å². The third-order valence-electron chi connectivity index (χ3n) is 5.61. The van der Waals surface area contributed by atoms with E-state index in [4.69, 9.17) is 10.5 Å². The van der Waals surface area contributed by atoms with Gasteiger partial charge in [-0.25, -0.2) is 13.6 Å². The molecule has 0 atom stereocenters. The van der Waals surface area contributed by atoms with Gasteiger partial charge in [0.05, 0.1) is 18.5 Å². The zero-order valence-corrected chi connectivity index (χ0v) is 19.8. The van der Waals surface area contributed by atoms with Gasteiger partial charge in [0.15, 0.2) is 11.6 Å². The predicted octanol–water partition coefficient (Wildman–Crippen LogP) is 3.28. The highest BCUT2D eigenvalue weighted by atomic mass is 19.1. The first kappa shape index (κ1) is 25.8. The van der Waals surface area contributed by atoms with Crippen LogP contribution in [-0.4, -0.2) is 48.0 Å². The molecule has 0 spiro atoms. The van der Waals surface area contributed by atoms with Crippen LogP contribution in [0.15, 0.2) is 60.9 Å². The van der Waals surface area contributed by atoms with Crippen molar-refractivity contribution in [1.82, 2.24) is 15.2 Å². The molecule has 1 fully saturated rings. The molecule has 1 aliphatic heterocycles. The molecule has 3 aromatic rings. The van der Waals surface area contributed by atoms with Gasteiger partial charge in [-0.2, -0.15) is 0 Å². The monoisotopic (exact) mass is 505 g/mol. The molecule has 2 heterocycles. The van der Waals surface area contributed by atoms with E-state index in [-0.39, 0.29) is 17.9 Å². The van der Waals surface area contributed by atoms with E-state index < -0.39 is 23.6 Å². The van der Waals surface area contributed by atoms with Gasteiger partial charge in [-0.15, -0.1) is 0 Å². The number of urea groups is 1. The number of nitrogens with zero attached hydrogens (tertiary/aromatic N) is 2. The summed E-state index contributed by atoms with van der Waals surface area (Å²) >= 11 is 0. The number of anilines is 1. The van der Waals surface area contributed by atoms with Crippen LogP contribution in [0.2, 0.25) is 0 Å². The van der Waals surface area contributed by atoms with Crippen molar-refractivity contribution in [2.45, 2.75) is 6.42 Å². The van der Waals surface area contributed by atoms with Crippen LogP contribution in [0.4, 0.5) is 19.3 Å². The minimum atomic E-state index is -0.827. The molecule has 1 aromatic heterocycles. The largest absolute Gasteiger partial charge is 0.453 e. The van der Waals surface area contributed by atoms with Crippen molar-refractivity contribution in [2.75, 3.05) is 31.5 Å². The maximum Gasteiger partial charge on any atom is 0.325 e. The summed E-state index contributed by atoms with van der Waals surface area (Å²) in [6.45, 7) is 3.11. The zero-order chi connectivity index (χ0) is 26.2. The molecule has 4 rings (SSSR count). The molecular weight excluding hydrogens is 480 g/mol. The normalized spacial score (nSPS) is 13.2. The smallest absolute Gasteiger partial charge is 0.325 e. The number of likely N-dealkylation sites (tertiary alicyclic amines) is 1. The first-order valence-electron chi connectivity index (χ1n) is 11.6. The fourth-order valence-electron chi connectivity index (χ4n) is 3.67. The quantitative estimate of drug-likeness (QED) is 0.425. The van der Waals surface area contributed by atoms with Crippen molar-refractivity contribution in [3.05, 3.63) is 83.7 Å². The summed E-state index contributed by atoms with van der Waals surface area (Å²) in [5.74, 6) is 5.14. The number of carbonyl (C=O) groups is 2. The number of carbonyl (C=O) groups excluding carboxylic acids is 2. The number of benzene rings is 2. The molecule has 0 bridgehead atoms. The molecule has 0 radical (unpaired) electrons. The Morgan fingerprint density at radius 3 is 2.62 bits per heavy atom. The fourth-order valence-corrected chi connectivity index (χ4v) is 3.67. The zero-order valence-electron chi connectivity index (χ0n) is 19.8. The molecule has 10 heteroatoms. The lowest BCUT2D eigenvalue weighted by Crippen LogP contribution is -2.49. The molecule has 0 saturated carbocycles. The Kier molecular flexibility index (Phi) is 8.40. The molecule has 1 saturated heterocycles. The number of nitrogens with one attached hydrogen (secondary N) is 2. The second kappa shape index (κ2) is 12.1. The van der Waals surface area contributed by atoms with Gasteiger partial charge < -0.3 is 15.8 Å². The average Bonchev–Trinajstić information content (AvgIpc) is 2.84. The Morgan fingerprint density at radius 2 is 1.89 bits per heavy atom. The average molecular weight is 506 g/mol. The topological polar surface area (TPSA) is 110 Å². The summed E-state index contributed by atoms with van der Waals surface area (Å²) in [5.41, 5.74) is 6.81. The number of pyridine rings is 1. The molecule has 3 amide bonds. The summed E-state index contributed by atoms with van der Waals surface area (Å²) < 4.78 is 33.4. The fraction of sp³-hybridized carbons (Fsp3) is 0.222. The van der Waals surface area contributed by atoms with Crippen molar-refractivity contribution < 1.29 is 23.1 Å².